The molecule has 1 aromatic carbocycles. The van der Waals surface area contributed by atoms with Crippen molar-refractivity contribution in [3.63, 3.8) is 0 Å². The minimum absolute atomic E-state index is 0.149. The number of carbonyl (C=O) groups excluding carboxylic acids is 1. The molecule has 0 saturated carbocycles. The molecule has 2 aromatic heterocycles. The molecule has 0 saturated heterocycles. The summed E-state index contributed by atoms with van der Waals surface area (Å²) >= 11 is 3.30. The van der Waals surface area contributed by atoms with Crippen molar-refractivity contribution in [2.45, 2.75) is 58.3 Å². The van der Waals surface area contributed by atoms with E-state index >= 15 is 0 Å². The fraction of sp³-hybridized carbons (Fsp3) is 0.409. The number of carbonyl (C=O) groups is 1. The van der Waals surface area contributed by atoms with E-state index in [0.29, 0.717) is 0 Å². The highest BCUT2D eigenvalue weighted by Gasteiger charge is 2.13. The Morgan fingerprint density at radius 3 is 2.32 bits per heavy atom. The van der Waals surface area contributed by atoms with E-state index in [-0.39, 0.29) is 5.78 Å². The van der Waals surface area contributed by atoms with Gasteiger partial charge >= 0.3 is 0 Å². The summed E-state index contributed by atoms with van der Waals surface area (Å²) in [5, 5.41) is 2.08. The average Bonchev–Trinajstić information content (AvgIpc) is 3.23. The second-order valence-electron chi connectivity index (χ2n) is 6.66. The molecule has 0 aliphatic carbocycles. The third-order valence-electron chi connectivity index (χ3n) is 4.65. The van der Waals surface area contributed by atoms with Crippen LogP contribution in [-0.2, 0) is 6.42 Å². The van der Waals surface area contributed by atoms with Crippen molar-refractivity contribution in [3.8, 4) is 0 Å². The van der Waals surface area contributed by atoms with Crippen LogP contribution in [0.15, 0.2) is 41.8 Å². The third kappa shape index (κ3) is 5.02. The van der Waals surface area contributed by atoms with Gasteiger partial charge in [-0.25, -0.2) is 0 Å². The molecule has 0 atom stereocenters. The molecule has 0 aliphatic heterocycles. The monoisotopic (exact) mass is 370 g/mol. The molecular weight excluding hydrogens is 344 g/mol. The second kappa shape index (κ2) is 9.30. The lowest BCUT2D eigenvalue weighted by Crippen LogP contribution is -1.98. The number of hydrogen-bond donors (Lipinski definition) is 0. The highest BCUT2D eigenvalue weighted by molar-refractivity contribution is 7.28. The number of benzene rings is 1. The zero-order valence-corrected chi connectivity index (χ0v) is 16.6. The molecule has 1 nitrogen and oxygen atoms in total. The van der Waals surface area contributed by atoms with E-state index in [1.54, 1.807) is 22.7 Å². The summed E-state index contributed by atoms with van der Waals surface area (Å²) in [4.78, 5) is 13.5. The van der Waals surface area contributed by atoms with Gasteiger partial charge in [-0.1, -0.05) is 69.7 Å². The largest absolute Gasteiger partial charge is 0.288 e. The molecule has 0 N–H and O–H groups in total. The molecule has 2 heterocycles. The van der Waals surface area contributed by atoms with E-state index in [1.165, 1.54) is 59.9 Å². The molecule has 132 valence electrons. The standard InChI is InChI=1S/C22H26OS2/c1-2-3-4-5-6-7-8-9-17-10-12-18(13-11-17)22(23)21-16-20-19(25-21)14-15-24-20/h10-16H,2-9H2,1H3. The lowest BCUT2D eigenvalue weighted by molar-refractivity contribution is 0.104. The van der Waals surface area contributed by atoms with Crippen molar-refractivity contribution < 1.29 is 4.79 Å². The first kappa shape index (κ1) is 18.3. The number of ketones is 1. The molecule has 3 heteroatoms. The van der Waals surface area contributed by atoms with Crippen molar-refractivity contribution >= 4 is 37.9 Å². The first-order chi connectivity index (χ1) is 12.3. The Hall–Kier alpha value is -1.45. The van der Waals surface area contributed by atoms with Gasteiger partial charge in [0.25, 0.3) is 0 Å². The first-order valence-electron chi connectivity index (χ1n) is 9.38. The van der Waals surface area contributed by atoms with Crippen LogP contribution in [0.1, 0.15) is 72.7 Å². The molecule has 0 fully saturated rings. The summed E-state index contributed by atoms with van der Waals surface area (Å²) in [5.41, 5.74) is 2.15. The molecular formula is C22H26OS2. The van der Waals surface area contributed by atoms with Gasteiger partial charge in [0.1, 0.15) is 0 Å². The fourth-order valence-corrected chi connectivity index (χ4v) is 5.20. The van der Waals surface area contributed by atoms with E-state index in [2.05, 4.69) is 30.5 Å². The Bertz CT molecular complexity index is 766. The maximum Gasteiger partial charge on any atom is 0.203 e. The zero-order valence-electron chi connectivity index (χ0n) is 14.9. The Morgan fingerprint density at radius 1 is 0.880 bits per heavy atom. The highest BCUT2D eigenvalue weighted by atomic mass is 32.1. The number of fused-ring (bicyclic) bond motifs is 1. The number of rotatable bonds is 10. The number of hydrogen-bond acceptors (Lipinski definition) is 3. The van der Waals surface area contributed by atoms with E-state index < -0.39 is 0 Å². The number of aryl methyl sites for hydroxylation is 1. The molecule has 0 bridgehead atoms. The van der Waals surface area contributed by atoms with Gasteiger partial charge in [0.05, 0.1) is 4.88 Å². The van der Waals surface area contributed by atoms with E-state index in [1.807, 2.05) is 18.2 Å². The second-order valence-corrected chi connectivity index (χ2v) is 8.69. The van der Waals surface area contributed by atoms with Crippen molar-refractivity contribution in [1.29, 1.82) is 0 Å². The van der Waals surface area contributed by atoms with Crippen LogP contribution < -0.4 is 0 Å². The predicted octanol–water partition coefficient (Wildman–Crippen LogP) is 7.49. The van der Waals surface area contributed by atoms with Gasteiger partial charge in [-0.3, -0.25) is 4.79 Å². The first-order valence-corrected chi connectivity index (χ1v) is 11.1. The molecule has 0 spiro atoms. The minimum atomic E-state index is 0.149. The van der Waals surface area contributed by atoms with E-state index in [4.69, 9.17) is 0 Å². The summed E-state index contributed by atoms with van der Waals surface area (Å²) in [6, 6.07) is 12.4. The van der Waals surface area contributed by atoms with Crippen LogP contribution in [0.25, 0.3) is 9.40 Å². The van der Waals surface area contributed by atoms with Crippen molar-refractivity contribution in [1.82, 2.24) is 0 Å². The van der Waals surface area contributed by atoms with Crippen LogP contribution in [0.4, 0.5) is 0 Å². The molecule has 0 radical (unpaired) electrons. The van der Waals surface area contributed by atoms with Crippen molar-refractivity contribution in [3.05, 3.63) is 57.8 Å². The van der Waals surface area contributed by atoms with Gasteiger partial charge in [-0.15, -0.1) is 22.7 Å². The summed E-state index contributed by atoms with van der Waals surface area (Å²) in [5.74, 6) is 0.149. The minimum Gasteiger partial charge on any atom is -0.288 e. The normalized spacial score (nSPS) is 11.2. The Morgan fingerprint density at radius 2 is 1.60 bits per heavy atom. The zero-order chi connectivity index (χ0) is 17.5. The SMILES string of the molecule is CCCCCCCCCc1ccc(C(=O)c2cc3sccc3s2)cc1. The molecule has 3 rings (SSSR count). The van der Waals surface area contributed by atoms with Gasteiger partial charge in [0.2, 0.25) is 5.78 Å². The lowest BCUT2D eigenvalue weighted by Gasteiger charge is -2.04. The van der Waals surface area contributed by atoms with Crippen molar-refractivity contribution in [2.24, 2.45) is 0 Å². The Labute approximate surface area is 158 Å². The summed E-state index contributed by atoms with van der Waals surface area (Å²) in [6.07, 6.45) is 10.5. The smallest absolute Gasteiger partial charge is 0.203 e. The van der Waals surface area contributed by atoms with Crippen LogP contribution in [0, 0.1) is 0 Å². The van der Waals surface area contributed by atoms with Crippen molar-refractivity contribution in [2.75, 3.05) is 0 Å². The average molecular weight is 371 g/mol. The molecule has 25 heavy (non-hydrogen) atoms. The van der Waals surface area contributed by atoms with Crippen LogP contribution in [0.2, 0.25) is 0 Å². The highest BCUT2D eigenvalue weighted by Crippen LogP contribution is 2.31. The van der Waals surface area contributed by atoms with E-state index in [0.717, 1.165) is 16.9 Å². The van der Waals surface area contributed by atoms with Gasteiger partial charge in [-0.05, 0) is 35.9 Å². The Balaban J connectivity index is 1.48. The quantitative estimate of drug-likeness (QED) is 0.267. The molecule has 0 unspecified atom stereocenters. The van der Waals surface area contributed by atoms with Gasteiger partial charge in [-0.2, -0.15) is 0 Å². The van der Waals surface area contributed by atoms with Crippen LogP contribution in [-0.4, -0.2) is 5.78 Å². The predicted molar refractivity (Wildman–Crippen MR) is 111 cm³/mol. The topological polar surface area (TPSA) is 17.1 Å². The van der Waals surface area contributed by atoms with E-state index in [9.17, 15) is 4.79 Å². The molecule has 3 aromatic rings. The van der Waals surface area contributed by atoms with Gasteiger partial charge in [0.15, 0.2) is 0 Å². The van der Waals surface area contributed by atoms with Crippen LogP contribution in [0.5, 0.6) is 0 Å². The summed E-state index contributed by atoms with van der Waals surface area (Å²) in [7, 11) is 0. The van der Waals surface area contributed by atoms with Gasteiger partial charge in [0, 0.05) is 15.0 Å². The lowest BCUT2D eigenvalue weighted by atomic mass is 10.0. The molecule has 0 aliphatic rings. The summed E-state index contributed by atoms with van der Waals surface area (Å²) in [6.45, 7) is 2.26. The maximum atomic E-state index is 12.6. The summed E-state index contributed by atoms with van der Waals surface area (Å²) < 4.78 is 2.42. The van der Waals surface area contributed by atoms with Crippen LogP contribution >= 0.6 is 22.7 Å². The number of unbranched alkanes of at least 4 members (excludes halogenated alkanes) is 6. The van der Waals surface area contributed by atoms with Crippen LogP contribution in [0.3, 0.4) is 0 Å². The number of thiophene rings is 2. The maximum absolute atomic E-state index is 12.6. The third-order valence-corrected chi connectivity index (χ3v) is 6.74. The van der Waals surface area contributed by atoms with Gasteiger partial charge < -0.3 is 0 Å². The fourth-order valence-electron chi connectivity index (χ4n) is 3.13. The Kier molecular flexibility index (Phi) is 6.83. The molecule has 0 amide bonds.